The van der Waals surface area contributed by atoms with Crippen molar-refractivity contribution in [3.8, 4) is 5.75 Å². The van der Waals surface area contributed by atoms with Crippen LogP contribution in [0, 0.1) is 23.7 Å². The molecule has 7 heteroatoms. The van der Waals surface area contributed by atoms with Gasteiger partial charge in [0.15, 0.2) is 11.9 Å². The first-order valence-electron chi connectivity index (χ1n) is 10.5. The number of carboxylic acids is 1. The predicted molar refractivity (Wildman–Crippen MR) is 101 cm³/mol. The van der Waals surface area contributed by atoms with Gasteiger partial charge >= 0.3 is 5.97 Å². The first kappa shape index (κ1) is 19.3. The average molecular weight is 404 g/mol. The molecule has 8 atom stereocenters. The lowest BCUT2D eigenvalue weighted by Gasteiger charge is -2.60. The first-order chi connectivity index (χ1) is 13.8. The van der Waals surface area contributed by atoms with Gasteiger partial charge in [-0.05, 0) is 62.3 Å². The highest BCUT2D eigenvalue weighted by Gasteiger charge is 2.69. The van der Waals surface area contributed by atoms with Crippen LogP contribution in [0.5, 0.6) is 5.75 Å². The van der Waals surface area contributed by atoms with Crippen LogP contribution in [0.25, 0.3) is 0 Å². The molecular formula is C22H28O7. The highest BCUT2D eigenvalue weighted by molar-refractivity contribution is 5.87. The molecule has 5 fully saturated rings. The molecule has 0 amide bonds. The summed E-state index contributed by atoms with van der Waals surface area (Å²) in [5.41, 5.74) is -0.388. The van der Waals surface area contributed by atoms with Gasteiger partial charge in [-0.25, -0.2) is 14.6 Å². The van der Waals surface area contributed by atoms with Crippen LogP contribution in [0.2, 0.25) is 0 Å². The molecular weight excluding hydrogens is 376 g/mol. The van der Waals surface area contributed by atoms with E-state index in [2.05, 4.69) is 13.8 Å². The van der Waals surface area contributed by atoms with Crippen LogP contribution in [0.3, 0.4) is 0 Å². The molecule has 6 rings (SSSR count). The molecule has 4 aliphatic heterocycles. The molecule has 4 unspecified atom stereocenters. The Labute approximate surface area is 170 Å². The Morgan fingerprint density at radius 2 is 1.86 bits per heavy atom. The maximum absolute atomic E-state index is 11.1. The van der Waals surface area contributed by atoms with Crippen molar-refractivity contribution in [1.29, 1.82) is 0 Å². The molecule has 2 bridgehead atoms. The SMILES string of the molecule is C[C@@H]1CCC2[C@@H](C)[C@@H](Oc3ccc(C(=O)O)cc3)OC3OC4(C)CCC1[C@]32OO4. The van der Waals surface area contributed by atoms with E-state index in [4.69, 9.17) is 29.1 Å². The average Bonchev–Trinajstić information content (AvgIpc) is 2.92. The summed E-state index contributed by atoms with van der Waals surface area (Å²) in [4.78, 5) is 23.0. The van der Waals surface area contributed by atoms with E-state index >= 15 is 0 Å². The minimum atomic E-state index is -0.962. The van der Waals surface area contributed by atoms with E-state index < -0.39 is 29.9 Å². The molecule has 0 radical (unpaired) electrons. The third-order valence-corrected chi connectivity index (χ3v) is 7.45. The number of rotatable bonds is 3. The topological polar surface area (TPSA) is 83.5 Å². The molecule has 158 valence electrons. The van der Waals surface area contributed by atoms with Crippen molar-refractivity contribution in [2.75, 3.05) is 0 Å². The van der Waals surface area contributed by atoms with Gasteiger partial charge in [-0.1, -0.05) is 13.8 Å². The molecule has 1 aromatic rings. The fourth-order valence-electron chi connectivity index (χ4n) is 5.82. The van der Waals surface area contributed by atoms with Crippen molar-refractivity contribution in [3.63, 3.8) is 0 Å². The summed E-state index contributed by atoms with van der Waals surface area (Å²) in [6.07, 6.45) is 2.83. The van der Waals surface area contributed by atoms with Crippen LogP contribution >= 0.6 is 0 Å². The van der Waals surface area contributed by atoms with Gasteiger partial charge in [0, 0.05) is 18.3 Å². The van der Waals surface area contributed by atoms with E-state index in [1.54, 1.807) is 12.1 Å². The van der Waals surface area contributed by atoms with E-state index in [1.165, 1.54) is 12.1 Å². The molecule has 1 N–H and O–H groups in total. The molecule has 0 aromatic heterocycles. The van der Waals surface area contributed by atoms with Crippen LogP contribution in [0.15, 0.2) is 24.3 Å². The van der Waals surface area contributed by atoms with Crippen molar-refractivity contribution >= 4 is 5.97 Å². The summed E-state index contributed by atoms with van der Waals surface area (Å²) in [5.74, 6) is -0.121. The molecule has 29 heavy (non-hydrogen) atoms. The van der Waals surface area contributed by atoms with Gasteiger partial charge < -0.3 is 19.3 Å². The quantitative estimate of drug-likeness (QED) is 0.763. The number of aromatic carboxylic acids is 1. The highest BCUT2D eigenvalue weighted by atomic mass is 17.3. The zero-order valence-electron chi connectivity index (χ0n) is 17.0. The fourth-order valence-corrected chi connectivity index (χ4v) is 5.82. The first-order valence-corrected chi connectivity index (χ1v) is 10.5. The molecule has 1 aromatic carbocycles. The van der Waals surface area contributed by atoms with Crippen LogP contribution in [0.1, 0.15) is 56.8 Å². The molecule has 5 aliphatic rings. The van der Waals surface area contributed by atoms with Gasteiger partial charge in [0.05, 0.1) is 5.56 Å². The van der Waals surface area contributed by atoms with E-state index in [0.717, 1.165) is 25.7 Å². The summed E-state index contributed by atoms with van der Waals surface area (Å²) in [7, 11) is 0. The third-order valence-electron chi connectivity index (χ3n) is 7.45. The van der Waals surface area contributed by atoms with E-state index in [1.807, 2.05) is 6.92 Å². The Morgan fingerprint density at radius 1 is 1.10 bits per heavy atom. The lowest BCUT2D eigenvalue weighted by atomic mass is 9.58. The second-order valence-corrected chi connectivity index (χ2v) is 9.22. The fraction of sp³-hybridized carbons (Fsp3) is 0.682. The van der Waals surface area contributed by atoms with Crippen LogP contribution in [0.4, 0.5) is 0 Å². The molecule has 1 aliphatic carbocycles. The zero-order valence-corrected chi connectivity index (χ0v) is 17.0. The molecule has 7 nitrogen and oxygen atoms in total. The Hall–Kier alpha value is -1.67. The van der Waals surface area contributed by atoms with E-state index in [0.29, 0.717) is 17.6 Å². The maximum Gasteiger partial charge on any atom is 0.335 e. The van der Waals surface area contributed by atoms with E-state index in [9.17, 15) is 4.79 Å². The summed E-state index contributed by atoms with van der Waals surface area (Å²) in [6, 6.07) is 6.40. The number of carbonyl (C=O) groups is 1. The predicted octanol–water partition coefficient (Wildman–Crippen LogP) is 3.97. The number of hydrogen-bond donors (Lipinski definition) is 1. The second-order valence-electron chi connectivity index (χ2n) is 9.22. The van der Waals surface area contributed by atoms with Gasteiger partial charge in [-0.15, -0.1) is 0 Å². The number of hydrogen-bond acceptors (Lipinski definition) is 6. The monoisotopic (exact) mass is 404 g/mol. The van der Waals surface area contributed by atoms with Gasteiger partial charge in [-0.2, -0.15) is 0 Å². The number of carboxylic acid groups (broad SMARTS) is 1. The lowest BCUT2D eigenvalue weighted by molar-refractivity contribution is -0.575. The molecule has 4 saturated heterocycles. The standard InChI is InChI=1S/C22H28O7/c1-12-4-9-17-13(2)19(25-15-7-5-14(6-8-15)18(23)24)26-20-22(17)16(12)10-11-21(3,27-20)28-29-22/h5-8,12-13,16-17,19-20H,4,9-11H2,1-3H3,(H,23,24)/t12-,13-,16?,17?,19+,20?,21?,22-/m1/s1. The number of fused-ring (bicyclic) bond motifs is 2. The highest BCUT2D eigenvalue weighted by Crippen LogP contribution is 2.60. The molecule has 1 saturated carbocycles. The number of ether oxygens (including phenoxy) is 3. The van der Waals surface area contributed by atoms with Gasteiger partial charge in [-0.3, -0.25) is 0 Å². The molecule has 1 spiro atoms. The Bertz CT molecular complexity index is 795. The minimum absolute atomic E-state index is 0.0649. The Balaban J connectivity index is 1.44. The minimum Gasteiger partial charge on any atom is -0.478 e. The smallest absolute Gasteiger partial charge is 0.335 e. The van der Waals surface area contributed by atoms with E-state index in [-0.39, 0.29) is 17.4 Å². The summed E-state index contributed by atoms with van der Waals surface area (Å²) < 4.78 is 18.8. The zero-order chi connectivity index (χ0) is 20.4. The summed E-state index contributed by atoms with van der Waals surface area (Å²) in [5, 5.41) is 9.09. The Morgan fingerprint density at radius 3 is 2.59 bits per heavy atom. The van der Waals surface area contributed by atoms with Crippen molar-refractivity contribution < 1.29 is 33.9 Å². The van der Waals surface area contributed by atoms with Crippen molar-refractivity contribution in [3.05, 3.63) is 29.8 Å². The van der Waals surface area contributed by atoms with Crippen molar-refractivity contribution in [2.45, 2.75) is 70.4 Å². The summed E-state index contributed by atoms with van der Waals surface area (Å²) in [6.45, 7) is 6.31. The molecule has 4 heterocycles. The van der Waals surface area contributed by atoms with Crippen molar-refractivity contribution in [1.82, 2.24) is 0 Å². The second kappa shape index (κ2) is 6.67. The van der Waals surface area contributed by atoms with Crippen molar-refractivity contribution in [2.24, 2.45) is 23.7 Å². The van der Waals surface area contributed by atoms with Crippen LogP contribution in [-0.4, -0.2) is 35.0 Å². The van der Waals surface area contributed by atoms with Crippen LogP contribution in [-0.2, 0) is 19.2 Å². The lowest BCUT2D eigenvalue weighted by Crippen LogP contribution is -2.70. The maximum atomic E-state index is 11.1. The third kappa shape index (κ3) is 2.90. The normalized spacial score (nSPS) is 45.9. The summed E-state index contributed by atoms with van der Waals surface area (Å²) >= 11 is 0. The van der Waals surface area contributed by atoms with Gasteiger partial charge in [0.2, 0.25) is 12.1 Å². The largest absolute Gasteiger partial charge is 0.478 e. The van der Waals surface area contributed by atoms with Crippen LogP contribution < -0.4 is 4.74 Å². The van der Waals surface area contributed by atoms with Gasteiger partial charge in [0.1, 0.15) is 5.75 Å². The number of benzene rings is 1. The Kier molecular flexibility index (Phi) is 4.44. The van der Waals surface area contributed by atoms with Gasteiger partial charge in [0.25, 0.3) is 0 Å².